The molecule has 0 aromatic heterocycles. The predicted octanol–water partition coefficient (Wildman–Crippen LogP) is 3.93. The maximum Gasteiger partial charge on any atom is 0.104 e. The third kappa shape index (κ3) is 3.87. The molecule has 0 radical (unpaired) electrons. The van der Waals surface area contributed by atoms with E-state index in [1.165, 1.54) is 5.30 Å². The molecule has 6 heteroatoms. The van der Waals surface area contributed by atoms with Crippen molar-refractivity contribution in [2.45, 2.75) is 89.2 Å². The van der Waals surface area contributed by atoms with Gasteiger partial charge in [-0.3, -0.25) is 4.84 Å². The van der Waals surface area contributed by atoms with E-state index in [4.69, 9.17) is 26.1 Å². The van der Waals surface area contributed by atoms with Crippen LogP contribution >= 0.6 is 6.04 Å². The number of ether oxygens (including phenoxy) is 2. The van der Waals surface area contributed by atoms with Gasteiger partial charge in [0.05, 0.1) is 29.9 Å². The highest BCUT2D eigenvalue weighted by molar-refractivity contribution is 8.18. The van der Waals surface area contributed by atoms with E-state index in [-0.39, 0.29) is 35.6 Å². The molecule has 4 nitrogen and oxygen atoms in total. The topological polar surface area (TPSA) is 30.9 Å². The van der Waals surface area contributed by atoms with Crippen LogP contribution in [0.5, 0.6) is 0 Å². The summed E-state index contributed by atoms with van der Waals surface area (Å²) in [6.45, 7) is 13.4. The maximum atomic E-state index is 6.63. The zero-order valence-corrected chi connectivity index (χ0v) is 19.6. The Kier molecular flexibility index (Phi) is 5.35. The molecule has 3 aliphatic rings. The first-order valence-corrected chi connectivity index (χ1v) is 13.5. The number of hydroxylamine groups is 2. The molecule has 0 spiro atoms. The first-order chi connectivity index (χ1) is 13.0. The summed E-state index contributed by atoms with van der Waals surface area (Å²) in [5.74, 6) is 0. The Balaban J connectivity index is 1.69. The number of hydrogen-bond acceptors (Lipinski definition) is 5. The quantitative estimate of drug-likeness (QED) is 0.688. The van der Waals surface area contributed by atoms with Gasteiger partial charge in [-0.2, -0.15) is 5.06 Å². The molecular weight excluding hydrogens is 389 g/mol. The third-order valence-corrected chi connectivity index (χ3v) is 11.4. The lowest BCUT2D eigenvalue weighted by atomic mass is 10.0. The summed E-state index contributed by atoms with van der Waals surface area (Å²) in [6, 6.07) is 9.19. The fourth-order valence-corrected chi connectivity index (χ4v) is 10.3. The van der Waals surface area contributed by atoms with E-state index in [1.807, 2.05) is 0 Å². The Hall–Kier alpha value is -0.290. The van der Waals surface area contributed by atoms with Crippen LogP contribution in [0.25, 0.3) is 0 Å². The van der Waals surface area contributed by atoms with Crippen LogP contribution in [-0.2, 0) is 26.1 Å². The SMILES string of the molecule is CC(C)(C)O[C@H]1[C@H]2[C@H]3[C@H](CC[P@]3(=S)c3ccccc3)ON2C[C@@H]1OC(C)(C)C. The number of benzene rings is 1. The number of nitrogens with zero attached hydrogens (tertiary/aromatic N) is 1. The zero-order chi connectivity index (χ0) is 20.3. The summed E-state index contributed by atoms with van der Waals surface area (Å²) in [5, 5.41) is 3.50. The molecule has 3 heterocycles. The van der Waals surface area contributed by atoms with E-state index in [9.17, 15) is 0 Å². The average Bonchev–Trinajstić information content (AvgIpc) is 3.18. The molecule has 0 N–H and O–H groups in total. The van der Waals surface area contributed by atoms with Crippen LogP contribution in [0.4, 0.5) is 0 Å². The van der Waals surface area contributed by atoms with Gasteiger partial charge < -0.3 is 9.47 Å². The van der Waals surface area contributed by atoms with Gasteiger partial charge in [0, 0.05) is 5.66 Å². The van der Waals surface area contributed by atoms with Gasteiger partial charge in [0.15, 0.2) is 0 Å². The molecule has 0 saturated carbocycles. The van der Waals surface area contributed by atoms with Crippen LogP contribution in [0.2, 0.25) is 0 Å². The molecule has 3 aliphatic heterocycles. The zero-order valence-electron chi connectivity index (χ0n) is 17.9. The van der Waals surface area contributed by atoms with Crippen molar-refractivity contribution < 1.29 is 14.3 Å². The lowest BCUT2D eigenvalue weighted by Crippen LogP contribution is -2.48. The van der Waals surface area contributed by atoms with Crippen LogP contribution in [0.3, 0.4) is 0 Å². The van der Waals surface area contributed by atoms with Crippen molar-refractivity contribution in [1.29, 1.82) is 0 Å². The van der Waals surface area contributed by atoms with Crippen molar-refractivity contribution in [3.63, 3.8) is 0 Å². The highest BCUT2D eigenvalue weighted by atomic mass is 32.4. The fraction of sp³-hybridized carbons (Fsp3) is 0.727. The molecule has 156 valence electrons. The van der Waals surface area contributed by atoms with Gasteiger partial charge in [0.25, 0.3) is 0 Å². The molecule has 1 aromatic rings. The fourth-order valence-electron chi connectivity index (χ4n) is 5.02. The van der Waals surface area contributed by atoms with Crippen LogP contribution in [0.1, 0.15) is 48.0 Å². The number of hydrogen-bond donors (Lipinski definition) is 0. The second kappa shape index (κ2) is 7.14. The highest BCUT2D eigenvalue weighted by Crippen LogP contribution is 2.63. The van der Waals surface area contributed by atoms with Gasteiger partial charge in [-0.05, 0) is 65.5 Å². The minimum Gasteiger partial charge on any atom is -0.368 e. The van der Waals surface area contributed by atoms with E-state index in [0.717, 1.165) is 19.1 Å². The minimum atomic E-state index is -1.75. The molecule has 1 aromatic carbocycles. The third-order valence-electron chi connectivity index (χ3n) is 5.81. The van der Waals surface area contributed by atoms with E-state index in [0.29, 0.717) is 5.66 Å². The summed E-state index contributed by atoms with van der Waals surface area (Å²) in [5.41, 5.74) is -0.129. The van der Waals surface area contributed by atoms with E-state index in [2.05, 4.69) is 76.9 Å². The standard InChI is InChI=1S/C22H34NO3PS/c1-21(2,3)24-17-14-23-18(19(17)25-22(4,5)6)20-16(26-23)12-13-27(20,28)15-10-8-7-9-11-15/h7-11,16-20H,12-14H2,1-6H3/t16-,17-,18-,19+,20+,27-/m0/s1. The van der Waals surface area contributed by atoms with Crippen LogP contribution in [0, 0.1) is 0 Å². The number of rotatable bonds is 3. The van der Waals surface area contributed by atoms with Gasteiger partial charge in [-0.25, -0.2) is 0 Å². The van der Waals surface area contributed by atoms with Crippen LogP contribution in [-0.4, -0.2) is 59.0 Å². The molecule has 0 bridgehead atoms. The number of fused-ring (bicyclic) bond motifs is 3. The summed E-state index contributed by atoms with van der Waals surface area (Å²) in [4.78, 5) is 6.45. The molecule has 0 aliphatic carbocycles. The molecule has 0 unspecified atom stereocenters. The van der Waals surface area contributed by atoms with Crippen molar-refractivity contribution in [2.75, 3.05) is 12.7 Å². The van der Waals surface area contributed by atoms with Crippen molar-refractivity contribution in [2.24, 2.45) is 0 Å². The summed E-state index contributed by atoms with van der Waals surface area (Å²) in [7, 11) is 0. The van der Waals surface area contributed by atoms with E-state index < -0.39 is 6.04 Å². The van der Waals surface area contributed by atoms with Gasteiger partial charge >= 0.3 is 0 Å². The molecule has 0 amide bonds. The molecule has 6 atom stereocenters. The Labute approximate surface area is 174 Å². The van der Waals surface area contributed by atoms with Gasteiger partial charge in [0.1, 0.15) is 12.2 Å². The molecule has 3 fully saturated rings. The molecule has 28 heavy (non-hydrogen) atoms. The van der Waals surface area contributed by atoms with Crippen LogP contribution in [0.15, 0.2) is 30.3 Å². The van der Waals surface area contributed by atoms with Crippen molar-refractivity contribution >= 4 is 23.1 Å². The minimum absolute atomic E-state index is 0.00926. The predicted molar refractivity (Wildman–Crippen MR) is 118 cm³/mol. The van der Waals surface area contributed by atoms with E-state index >= 15 is 0 Å². The molecular formula is C22H34NO3PS. The summed E-state index contributed by atoms with van der Waals surface area (Å²) >= 11 is 6.45. The Morgan fingerprint density at radius 1 is 1.04 bits per heavy atom. The Morgan fingerprint density at radius 2 is 1.68 bits per heavy atom. The second-order valence-corrected chi connectivity index (χ2v) is 15.4. The molecule has 3 saturated heterocycles. The van der Waals surface area contributed by atoms with Gasteiger partial charge in [-0.15, -0.1) is 0 Å². The smallest absolute Gasteiger partial charge is 0.104 e. The monoisotopic (exact) mass is 423 g/mol. The first kappa shape index (κ1) is 21.0. The average molecular weight is 424 g/mol. The Bertz CT molecular complexity index is 757. The summed E-state index contributed by atoms with van der Waals surface area (Å²) in [6.07, 6.45) is 2.32. The summed E-state index contributed by atoms with van der Waals surface area (Å²) < 4.78 is 13.1. The van der Waals surface area contributed by atoms with Gasteiger partial charge in [0.2, 0.25) is 0 Å². The van der Waals surface area contributed by atoms with Gasteiger partial charge in [-0.1, -0.05) is 42.1 Å². The Morgan fingerprint density at radius 3 is 2.29 bits per heavy atom. The van der Waals surface area contributed by atoms with Crippen LogP contribution < -0.4 is 5.30 Å². The van der Waals surface area contributed by atoms with E-state index in [1.54, 1.807) is 0 Å². The van der Waals surface area contributed by atoms with Crippen molar-refractivity contribution in [1.82, 2.24) is 5.06 Å². The maximum absolute atomic E-state index is 6.63. The second-order valence-electron chi connectivity index (χ2n) is 10.3. The first-order valence-electron chi connectivity index (χ1n) is 10.4. The highest BCUT2D eigenvalue weighted by Gasteiger charge is 2.62. The molecule has 4 rings (SSSR count). The normalized spacial score (nSPS) is 38.6. The lowest BCUT2D eigenvalue weighted by molar-refractivity contribution is -0.160. The van der Waals surface area contributed by atoms with Crippen molar-refractivity contribution in [3.05, 3.63) is 30.3 Å². The lowest BCUT2D eigenvalue weighted by Gasteiger charge is -2.37. The van der Waals surface area contributed by atoms with Crippen molar-refractivity contribution in [3.8, 4) is 0 Å². The largest absolute Gasteiger partial charge is 0.368 e.